The number of morpholine rings is 1. The lowest BCUT2D eigenvalue weighted by atomic mass is 10.0. The molecule has 1 N–H and O–H groups in total. The molecule has 1 aromatic carbocycles. The van der Waals surface area contributed by atoms with Gasteiger partial charge in [0.05, 0.1) is 13.2 Å². The molecular formula is C19H29N3O2. The third kappa shape index (κ3) is 5.03. The number of piperidine rings is 1. The van der Waals surface area contributed by atoms with E-state index in [4.69, 9.17) is 4.74 Å². The van der Waals surface area contributed by atoms with E-state index in [9.17, 15) is 4.79 Å². The van der Waals surface area contributed by atoms with Crippen LogP contribution in [-0.2, 0) is 16.1 Å². The van der Waals surface area contributed by atoms with Gasteiger partial charge in [0, 0.05) is 44.8 Å². The van der Waals surface area contributed by atoms with E-state index < -0.39 is 0 Å². The number of likely N-dealkylation sites (tertiary alicyclic amines) is 1. The number of amides is 1. The monoisotopic (exact) mass is 331 g/mol. The number of ether oxygens (including phenoxy) is 1. The maximum absolute atomic E-state index is 11.1. The van der Waals surface area contributed by atoms with Crippen LogP contribution in [0.1, 0.15) is 31.7 Å². The van der Waals surface area contributed by atoms with Gasteiger partial charge in [-0.15, -0.1) is 0 Å². The Hall–Kier alpha value is -1.43. The zero-order valence-electron chi connectivity index (χ0n) is 14.7. The zero-order chi connectivity index (χ0) is 16.8. The smallest absolute Gasteiger partial charge is 0.221 e. The first-order chi connectivity index (χ1) is 11.7. The van der Waals surface area contributed by atoms with Crippen molar-refractivity contribution in [3.05, 3.63) is 29.8 Å². The van der Waals surface area contributed by atoms with Crippen molar-refractivity contribution in [1.82, 2.24) is 9.80 Å². The van der Waals surface area contributed by atoms with Gasteiger partial charge < -0.3 is 10.1 Å². The van der Waals surface area contributed by atoms with E-state index in [1.807, 2.05) is 12.1 Å². The molecule has 1 amide bonds. The van der Waals surface area contributed by atoms with Crippen molar-refractivity contribution in [2.45, 2.75) is 38.8 Å². The molecule has 0 aliphatic carbocycles. The molecule has 0 unspecified atom stereocenters. The number of nitrogens with one attached hydrogen (secondary N) is 1. The summed E-state index contributed by atoms with van der Waals surface area (Å²) in [7, 11) is 0. The maximum atomic E-state index is 11.1. The Morgan fingerprint density at radius 2 is 1.92 bits per heavy atom. The van der Waals surface area contributed by atoms with Crippen LogP contribution in [0.25, 0.3) is 0 Å². The molecular weight excluding hydrogens is 302 g/mol. The standard InChI is InChI=1S/C19H29N3O2/c1-16(23)20-18-7-5-17(6-8-18)14-22-9-3-2-4-19(22)15-21-10-12-24-13-11-21/h5-8,19H,2-4,9-15H2,1H3,(H,20,23)/t19-/m0/s1. The Kier molecular flexibility index (Phi) is 6.24. The van der Waals surface area contributed by atoms with E-state index in [0.29, 0.717) is 6.04 Å². The summed E-state index contributed by atoms with van der Waals surface area (Å²) in [6.07, 6.45) is 3.93. The first-order valence-electron chi connectivity index (χ1n) is 9.11. The fourth-order valence-electron chi connectivity index (χ4n) is 3.69. The fraction of sp³-hybridized carbons (Fsp3) is 0.632. The number of nitrogens with zero attached hydrogens (tertiary/aromatic N) is 2. The Morgan fingerprint density at radius 3 is 2.62 bits per heavy atom. The van der Waals surface area contributed by atoms with Crippen LogP contribution in [0.15, 0.2) is 24.3 Å². The molecule has 0 radical (unpaired) electrons. The summed E-state index contributed by atoms with van der Waals surface area (Å²) in [4.78, 5) is 16.3. The molecule has 2 aliphatic heterocycles. The highest BCUT2D eigenvalue weighted by atomic mass is 16.5. The van der Waals surface area contributed by atoms with Gasteiger partial charge in [0.1, 0.15) is 0 Å². The summed E-state index contributed by atoms with van der Waals surface area (Å²) in [5.41, 5.74) is 2.19. The molecule has 2 aliphatic rings. The second kappa shape index (κ2) is 8.60. The molecule has 1 aromatic rings. The summed E-state index contributed by atoms with van der Waals surface area (Å²) >= 11 is 0. The third-order valence-electron chi connectivity index (χ3n) is 4.98. The van der Waals surface area contributed by atoms with E-state index >= 15 is 0 Å². The van der Waals surface area contributed by atoms with Gasteiger partial charge in [-0.3, -0.25) is 14.6 Å². The lowest BCUT2D eigenvalue weighted by Gasteiger charge is -2.39. The summed E-state index contributed by atoms with van der Waals surface area (Å²) in [5, 5.41) is 2.83. The number of benzene rings is 1. The SMILES string of the molecule is CC(=O)Nc1ccc(CN2CCCC[C@H]2CN2CCOCC2)cc1. The first-order valence-corrected chi connectivity index (χ1v) is 9.11. The second-order valence-corrected chi connectivity index (χ2v) is 6.91. The first kappa shape index (κ1) is 17.4. The van der Waals surface area contributed by atoms with Crippen LogP contribution in [0.4, 0.5) is 5.69 Å². The topological polar surface area (TPSA) is 44.8 Å². The van der Waals surface area contributed by atoms with Crippen LogP contribution in [0, 0.1) is 0 Å². The van der Waals surface area contributed by atoms with Gasteiger partial charge in [-0.25, -0.2) is 0 Å². The Bertz CT molecular complexity index is 526. The van der Waals surface area contributed by atoms with Crippen molar-refractivity contribution in [2.24, 2.45) is 0 Å². The number of rotatable bonds is 5. The van der Waals surface area contributed by atoms with Crippen molar-refractivity contribution in [3.63, 3.8) is 0 Å². The van der Waals surface area contributed by atoms with E-state index in [0.717, 1.165) is 45.1 Å². The molecule has 2 saturated heterocycles. The number of carbonyl (C=O) groups excluding carboxylic acids is 1. The average molecular weight is 331 g/mol. The van der Waals surface area contributed by atoms with E-state index in [1.165, 1.54) is 38.3 Å². The van der Waals surface area contributed by atoms with Crippen molar-refractivity contribution in [3.8, 4) is 0 Å². The van der Waals surface area contributed by atoms with Gasteiger partial charge in [0.15, 0.2) is 0 Å². The molecule has 24 heavy (non-hydrogen) atoms. The quantitative estimate of drug-likeness (QED) is 0.899. The predicted octanol–water partition coefficient (Wildman–Crippen LogP) is 2.33. The van der Waals surface area contributed by atoms with Crippen LogP contribution in [0.3, 0.4) is 0 Å². The third-order valence-corrected chi connectivity index (χ3v) is 4.98. The number of hydrogen-bond acceptors (Lipinski definition) is 4. The molecule has 0 bridgehead atoms. The molecule has 1 atom stereocenters. The van der Waals surface area contributed by atoms with Crippen molar-refractivity contribution in [2.75, 3.05) is 44.7 Å². The van der Waals surface area contributed by atoms with Gasteiger partial charge in [-0.1, -0.05) is 18.6 Å². The van der Waals surface area contributed by atoms with Crippen LogP contribution >= 0.6 is 0 Å². The Balaban J connectivity index is 1.57. The Labute approximate surface area is 145 Å². The lowest BCUT2D eigenvalue weighted by Crippen LogP contribution is -2.49. The molecule has 0 aromatic heterocycles. The predicted molar refractivity (Wildman–Crippen MR) is 96.1 cm³/mol. The molecule has 2 fully saturated rings. The van der Waals surface area contributed by atoms with Crippen molar-refractivity contribution in [1.29, 1.82) is 0 Å². The van der Waals surface area contributed by atoms with E-state index in [2.05, 4.69) is 27.2 Å². The van der Waals surface area contributed by atoms with Gasteiger partial charge in [0.25, 0.3) is 0 Å². The highest BCUT2D eigenvalue weighted by Gasteiger charge is 2.25. The largest absolute Gasteiger partial charge is 0.379 e. The summed E-state index contributed by atoms with van der Waals surface area (Å²) in [6.45, 7) is 8.75. The van der Waals surface area contributed by atoms with Gasteiger partial charge in [-0.2, -0.15) is 0 Å². The molecule has 3 rings (SSSR count). The maximum Gasteiger partial charge on any atom is 0.221 e. The molecule has 0 saturated carbocycles. The Morgan fingerprint density at radius 1 is 1.17 bits per heavy atom. The van der Waals surface area contributed by atoms with Crippen LogP contribution in [0.2, 0.25) is 0 Å². The number of carbonyl (C=O) groups is 1. The van der Waals surface area contributed by atoms with Gasteiger partial charge in [0.2, 0.25) is 5.91 Å². The fourth-order valence-corrected chi connectivity index (χ4v) is 3.69. The molecule has 5 heteroatoms. The van der Waals surface area contributed by atoms with Gasteiger partial charge >= 0.3 is 0 Å². The summed E-state index contributed by atoms with van der Waals surface area (Å²) < 4.78 is 5.46. The minimum atomic E-state index is -0.0237. The van der Waals surface area contributed by atoms with Gasteiger partial charge in [-0.05, 0) is 37.1 Å². The van der Waals surface area contributed by atoms with Crippen LogP contribution in [0.5, 0.6) is 0 Å². The molecule has 0 spiro atoms. The van der Waals surface area contributed by atoms with Crippen LogP contribution < -0.4 is 5.32 Å². The number of anilines is 1. The molecule has 132 valence electrons. The normalized spacial score (nSPS) is 23.1. The molecule has 5 nitrogen and oxygen atoms in total. The highest BCUT2D eigenvalue weighted by molar-refractivity contribution is 5.88. The zero-order valence-corrected chi connectivity index (χ0v) is 14.7. The van der Waals surface area contributed by atoms with E-state index in [-0.39, 0.29) is 5.91 Å². The van der Waals surface area contributed by atoms with Crippen LogP contribution in [-0.4, -0.2) is 61.1 Å². The molecule has 2 heterocycles. The lowest BCUT2D eigenvalue weighted by molar-refractivity contribution is -0.114. The highest BCUT2D eigenvalue weighted by Crippen LogP contribution is 2.21. The van der Waals surface area contributed by atoms with Crippen molar-refractivity contribution < 1.29 is 9.53 Å². The summed E-state index contributed by atoms with van der Waals surface area (Å²) in [6, 6.07) is 8.90. The minimum absolute atomic E-state index is 0.0237. The van der Waals surface area contributed by atoms with E-state index in [1.54, 1.807) is 0 Å². The second-order valence-electron chi connectivity index (χ2n) is 6.91. The van der Waals surface area contributed by atoms with Crippen molar-refractivity contribution >= 4 is 11.6 Å². The average Bonchev–Trinajstić information content (AvgIpc) is 2.59. The minimum Gasteiger partial charge on any atom is -0.379 e. The number of hydrogen-bond donors (Lipinski definition) is 1. The summed E-state index contributed by atoms with van der Waals surface area (Å²) in [5.74, 6) is -0.0237.